The zero-order chi connectivity index (χ0) is 37.0. The molecule has 51 heavy (non-hydrogen) atoms. The normalized spacial score (nSPS) is 13.9. The molecule has 2 heterocycles. The summed E-state index contributed by atoms with van der Waals surface area (Å²) in [6.07, 6.45) is 7.90. The Labute approximate surface area is 325 Å². The Bertz CT molecular complexity index is 1850. The molecule has 4 aromatic rings. The minimum Gasteiger partial charge on any atom is -0.512 e. The Morgan fingerprint density at radius 2 is 1.55 bits per heavy atom. The van der Waals surface area contributed by atoms with Crippen molar-refractivity contribution in [2.45, 2.75) is 111 Å². The van der Waals surface area contributed by atoms with Crippen LogP contribution in [0.2, 0.25) is 30.4 Å². The zero-order valence-electron chi connectivity index (χ0n) is 33.1. The molecule has 5 rings (SSSR count). The molecule has 0 saturated carbocycles. The number of aliphatic hydroxyl groups is 1. The molecule has 7 heteroatoms. The predicted octanol–water partition coefficient (Wildman–Crippen LogP) is 11.2. The van der Waals surface area contributed by atoms with Crippen molar-refractivity contribution in [3.05, 3.63) is 84.3 Å². The second-order valence-electron chi connectivity index (χ2n) is 16.7. The summed E-state index contributed by atoms with van der Waals surface area (Å²) < 4.78 is 8.42. The molecule has 0 unspecified atom stereocenters. The first-order valence-electron chi connectivity index (χ1n) is 18.7. The number of hydrogen-bond acceptors (Lipinski definition) is 4. The molecular formula is C44H60GeIrNO3Si-. The van der Waals surface area contributed by atoms with Crippen LogP contribution in [-0.4, -0.2) is 37.5 Å². The number of allylic oxidation sites excluding steroid dienone is 2. The van der Waals surface area contributed by atoms with Crippen LogP contribution in [0.3, 0.4) is 0 Å². The summed E-state index contributed by atoms with van der Waals surface area (Å²) in [6, 6.07) is 23.9. The van der Waals surface area contributed by atoms with E-state index in [4.69, 9.17) is 9.41 Å². The second-order valence-corrected chi connectivity index (χ2v) is 31.0. The molecule has 0 saturated heterocycles. The molecule has 0 spiro atoms. The van der Waals surface area contributed by atoms with Gasteiger partial charge in [0.15, 0.2) is 5.78 Å². The first-order valence-corrected chi connectivity index (χ1v) is 28.9. The number of hydrogen-bond donors (Lipinski definition) is 1. The molecule has 277 valence electrons. The second kappa shape index (κ2) is 17.5. The van der Waals surface area contributed by atoms with E-state index in [1.165, 1.54) is 37.6 Å². The third-order valence-corrected chi connectivity index (χ3v) is 16.6. The maximum atomic E-state index is 11.7. The van der Waals surface area contributed by atoms with Gasteiger partial charge in [0.05, 0.1) is 5.76 Å². The van der Waals surface area contributed by atoms with Crippen LogP contribution in [0.1, 0.15) is 79.7 Å². The smallest absolute Gasteiger partial charge is 0.162 e. The van der Waals surface area contributed by atoms with Gasteiger partial charge in [-0.1, -0.05) is 48.5 Å². The average Bonchev–Trinajstić information content (AvgIpc) is 3.04. The molecule has 0 atom stereocenters. The first kappa shape index (κ1) is 42.9. The molecular weight excluding hydrogens is 883 g/mol. The van der Waals surface area contributed by atoms with Crippen LogP contribution in [0, 0.1) is 23.3 Å². The molecule has 1 radical (unpaired) electrons. The monoisotopic (exact) mass is 945 g/mol. The van der Waals surface area contributed by atoms with Crippen LogP contribution in [0.25, 0.3) is 33.2 Å². The van der Waals surface area contributed by atoms with Gasteiger partial charge in [-0.25, -0.2) is 0 Å². The number of aliphatic hydroxyl groups excluding tert-OH is 1. The van der Waals surface area contributed by atoms with E-state index < -0.39 is 21.6 Å². The van der Waals surface area contributed by atoms with Crippen LogP contribution in [-0.2, 0) is 31.3 Å². The number of carbonyl (C=O) groups excluding carboxylic acids is 1. The van der Waals surface area contributed by atoms with E-state index in [9.17, 15) is 9.90 Å². The summed E-state index contributed by atoms with van der Waals surface area (Å²) in [7, 11) is -2.18. The summed E-state index contributed by atoms with van der Waals surface area (Å²) in [6.45, 7) is 19.6. The van der Waals surface area contributed by atoms with Crippen molar-refractivity contribution >= 4 is 47.7 Å². The topological polar surface area (TPSA) is 59.4 Å². The molecule has 1 aromatic heterocycles. The fraction of sp³-hybridized carbons (Fsp3) is 0.455. The summed E-state index contributed by atoms with van der Waals surface area (Å²) in [5.74, 6) is 8.84. The Balaban J connectivity index is 0.000000374. The number of fused-ring (bicyclic) bond motifs is 4. The van der Waals surface area contributed by atoms with Crippen LogP contribution in [0.5, 0.6) is 5.75 Å². The zero-order valence-corrected chi connectivity index (χ0v) is 38.6. The number of carbonyl (C=O) groups is 1. The Morgan fingerprint density at radius 3 is 2.14 bits per heavy atom. The number of benzene rings is 3. The van der Waals surface area contributed by atoms with Gasteiger partial charge in [0.1, 0.15) is 0 Å². The van der Waals surface area contributed by atoms with Crippen molar-refractivity contribution in [3.8, 4) is 28.1 Å². The van der Waals surface area contributed by atoms with E-state index in [1.807, 2.05) is 33.9 Å². The minimum atomic E-state index is -2.18. The molecule has 3 aromatic carbocycles. The van der Waals surface area contributed by atoms with Crippen LogP contribution < -0.4 is 14.0 Å². The molecule has 0 fully saturated rings. The Kier molecular flexibility index (Phi) is 14.8. The summed E-state index contributed by atoms with van der Waals surface area (Å²) in [4.78, 5) is 16.6. The minimum absolute atomic E-state index is 0. The molecule has 4 nitrogen and oxygen atoms in total. The molecule has 0 aliphatic carbocycles. The Morgan fingerprint density at radius 1 is 0.922 bits per heavy atom. The van der Waals surface area contributed by atoms with Gasteiger partial charge in [-0.05, 0) is 25.7 Å². The van der Waals surface area contributed by atoms with Gasteiger partial charge in [-0.3, -0.25) is 4.79 Å². The molecule has 1 N–H and O–H groups in total. The van der Waals surface area contributed by atoms with Crippen LogP contribution >= 0.6 is 0 Å². The fourth-order valence-electron chi connectivity index (χ4n) is 7.07. The van der Waals surface area contributed by atoms with E-state index in [0.29, 0.717) is 0 Å². The Hall–Kier alpha value is -2.51. The largest absolute Gasteiger partial charge is 0.512 e. The number of rotatable bonds is 10. The van der Waals surface area contributed by atoms with E-state index in [-0.39, 0.29) is 48.9 Å². The van der Waals surface area contributed by atoms with Gasteiger partial charge in [-0.15, -0.1) is 0 Å². The maximum Gasteiger partial charge on any atom is 0.162 e. The van der Waals surface area contributed by atoms with E-state index in [0.717, 1.165) is 54.7 Å². The predicted molar refractivity (Wildman–Crippen MR) is 219 cm³/mol. The van der Waals surface area contributed by atoms with Crippen molar-refractivity contribution in [3.63, 3.8) is 0 Å². The number of nitrogens with zero attached hydrogens (tertiary/aromatic N) is 1. The van der Waals surface area contributed by atoms with Gasteiger partial charge in [0.2, 0.25) is 0 Å². The molecule has 0 bridgehead atoms. The van der Waals surface area contributed by atoms with E-state index in [1.54, 1.807) is 0 Å². The SMILES string of the molecule is CC(C)(C)Cc1ccc2c(c1)[Si](C)(C)Oc1c-2ccnc1-c1[c-]c2ccccc2[c]([Ge]([CH3])([CH3])[CH3])c1.CCC(CC)C(=O)/C=C(\O)C(CC)CC.[Ir]. The van der Waals surface area contributed by atoms with Gasteiger partial charge >= 0.3 is 194 Å². The maximum absolute atomic E-state index is 11.7. The van der Waals surface area contributed by atoms with E-state index in [2.05, 4.69) is 112 Å². The van der Waals surface area contributed by atoms with Crippen molar-refractivity contribution in [1.29, 1.82) is 0 Å². The van der Waals surface area contributed by atoms with Gasteiger partial charge in [0.25, 0.3) is 0 Å². The quantitative estimate of drug-likeness (QED) is 0.0745. The number of pyridine rings is 1. The van der Waals surface area contributed by atoms with Crippen molar-refractivity contribution in [2.75, 3.05) is 0 Å². The van der Waals surface area contributed by atoms with Gasteiger partial charge < -0.3 is 5.11 Å². The van der Waals surface area contributed by atoms with Gasteiger partial charge in [-0.2, -0.15) is 0 Å². The summed E-state index contributed by atoms with van der Waals surface area (Å²) in [5.41, 5.74) is 6.08. The van der Waals surface area contributed by atoms with Crippen molar-refractivity contribution in [1.82, 2.24) is 4.98 Å². The summed E-state index contributed by atoms with van der Waals surface area (Å²) >= 11 is -2.15. The van der Waals surface area contributed by atoms with E-state index >= 15 is 0 Å². The van der Waals surface area contributed by atoms with Crippen molar-refractivity contribution in [2.24, 2.45) is 17.3 Å². The van der Waals surface area contributed by atoms with Gasteiger partial charge in [0, 0.05) is 38.0 Å². The van der Waals surface area contributed by atoms with Crippen LogP contribution in [0.15, 0.2) is 72.6 Å². The fourth-order valence-corrected chi connectivity index (χ4v) is 12.7. The van der Waals surface area contributed by atoms with Crippen molar-refractivity contribution < 1.29 is 34.4 Å². The third kappa shape index (κ3) is 10.3. The number of aromatic nitrogens is 1. The first-order chi connectivity index (χ1) is 23.4. The molecule has 1 aliphatic heterocycles. The molecule has 1 aliphatic rings. The average molecular weight is 944 g/mol. The number of ketones is 1. The summed E-state index contributed by atoms with van der Waals surface area (Å²) in [5, 5.41) is 13.6. The van der Waals surface area contributed by atoms with Crippen LogP contribution in [0.4, 0.5) is 0 Å². The standard InChI is InChI=1S/C31H36GeNOSi.C13H24O2.Ir/c1-31(2,3)20-21-13-14-25-26-15-16-33-29(30(26)34-35(7,8)28(25)17-21)23-18-22-11-9-10-12-24(22)27(19-23)32(4,5)6;1-5-10(6-2)12(14)9-13(15)11(7-3)8-4;/h9-17,19H,20H2,1-8H3;9-11,14H,5-8H2,1-4H3;/q-1;;/b;12-9-;. The molecule has 0 amide bonds. The third-order valence-electron chi connectivity index (χ3n) is 9.94.